The van der Waals surface area contributed by atoms with Crippen LogP contribution in [-0.4, -0.2) is 6.54 Å². The maximum atomic E-state index is 13.9. The molecule has 0 spiro atoms. The van der Waals surface area contributed by atoms with Gasteiger partial charge in [-0.15, -0.1) is 0 Å². The van der Waals surface area contributed by atoms with Crippen molar-refractivity contribution in [2.24, 2.45) is 0 Å². The molecule has 0 amide bonds. The number of nitrogen functional groups attached to an aromatic ring is 1. The summed E-state index contributed by atoms with van der Waals surface area (Å²) in [6.45, 7) is 2.93. The van der Waals surface area contributed by atoms with Crippen LogP contribution in [-0.2, 0) is 0 Å². The first-order valence-electron chi connectivity index (χ1n) is 10.2. The largest absolute Gasteiger partial charge is 0.399 e. The molecule has 0 bridgehead atoms. The Balaban J connectivity index is 1.85. The minimum Gasteiger partial charge on any atom is -0.399 e. The van der Waals surface area contributed by atoms with E-state index < -0.39 is 0 Å². The second kappa shape index (κ2) is 8.24. The van der Waals surface area contributed by atoms with Crippen LogP contribution < -0.4 is 11.1 Å². The van der Waals surface area contributed by atoms with E-state index in [9.17, 15) is 8.78 Å². The van der Waals surface area contributed by atoms with E-state index in [1.807, 2.05) is 24.3 Å². The van der Waals surface area contributed by atoms with Crippen LogP contribution in [0, 0.1) is 11.6 Å². The molecule has 0 aromatic heterocycles. The maximum Gasteiger partial charge on any atom is 0.123 e. The molecule has 3 N–H and O–H groups in total. The second-order valence-electron chi connectivity index (χ2n) is 7.79. The Kier molecular flexibility index (Phi) is 5.52. The lowest BCUT2D eigenvalue weighted by molar-refractivity contribution is 0.617. The lowest BCUT2D eigenvalue weighted by Gasteiger charge is -2.32. The van der Waals surface area contributed by atoms with Crippen molar-refractivity contribution in [3.63, 3.8) is 0 Å². The topological polar surface area (TPSA) is 38.0 Å². The highest BCUT2D eigenvalue weighted by molar-refractivity contribution is 5.69. The monoisotopic (exact) mass is 392 g/mol. The third-order valence-corrected chi connectivity index (χ3v) is 5.79. The van der Waals surface area contributed by atoms with Gasteiger partial charge >= 0.3 is 0 Å². The van der Waals surface area contributed by atoms with Gasteiger partial charge < -0.3 is 11.1 Å². The van der Waals surface area contributed by atoms with E-state index in [1.54, 1.807) is 24.3 Å². The molecule has 1 aliphatic heterocycles. The number of hydrogen-bond donors (Lipinski definition) is 2. The zero-order valence-corrected chi connectivity index (χ0v) is 16.6. The van der Waals surface area contributed by atoms with Crippen LogP contribution in [0.25, 0.3) is 0 Å². The van der Waals surface area contributed by atoms with E-state index >= 15 is 0 Å². The number of nitrogens with two attached hydrogens (primary N) is 1. The van der Waals surface area contributed by atoms with Crippen molar-refractivity contribution in [3.05, 3.63) is 94.6 Å². The van der Waals surface area contributed by atoms with Crippen LogP contribution >= 0.6 is 0 Å². The van der Waals surface area contributed by atoms with Crippen LogP contribution in [0.1, 0.15) is 60.3 Å². The van der Waals surface area contributed by atoms with E-state index in [0.29, 0.717) is 5.69 Å². The average Bonchev–Trinajstić information content (AvgIpc) is 2.71. The highest BCUT2D eigenvalue weighted by Crippen LogP contribution is 2.44. The highest BCUT2D eigenvalue weighted by atomic mass is 19.1. The summed E-state index contributed by atoms with van der Waals surface area (Å²) in [5.41, 5.74) is 12.2. The summed E-state index contributed by atoms with van der Waals surface area (Å²) in [7, 11) is 0. The minimum atomic E-state index is -0.230. The average molecular weight is 392 g/mol. The third-order valence-electron chi connectivity index (χ3n) is 5.79. The summed E-state index contributed by atoms with van der Waals surface area (Å²) in [5.74, 6) is -0.326. The fourth-order valence-corrected chi connectivity index (χ4v) is 4.55. The molecule has 2 atom stereocenters. The number of benzene rings is 3. The SMILES string of the molecule is CCCC(c1cccc(F)c1)c1cc(N)cc2c1NCCC2c1cccc(F)c1. The summed E-state index contributed by atoms with van der Waals surface area (Å²) < 4.78 is 27.8. The van der Waals surface area contributed by atoms with Gasteiger partial charge in [0.2, 0.25) is 0 Å². The first-order valence-corrected chi connectivity index (χ1v) is 10.2. The molecule has 29 heavy (non-hydrogen) atoms. The van der Waals surface area contributed by atoms with Crippen molar-refractivity contribution in [2.45, 2.75) is 38.0 Å². The van der Waals surface area contributed by atoms with Crippen molar-refractivity contribution in [3.8, 4) is 0 Å². The van der Waals surface area contributed by atoms with E-state index in [-0.39, 0.29) is 23.5 Å². The molecule has 3 aromatic rings. The number of halogens is 2. The standard InChI is InChI=1S/C25H26F2N2/c1-2-5-21(16-6-3-8-18(26)12-16)23-14-20(28)15-24-22(10-11-29-25(23)24)17-7-4-9-19(27)13-17/h3-4,6-9,12-15,21-22,29H,2,5,10-11,28H2,1H3. The van der Waals surface area contributed by atoms with Crippen LogP contribution in [0.3, 0.4) is 0 Å². The Morgan fingerprint density at radius 2 is 1.79 bits per heavy atom. The van der Waals surface area contributed by atoms with Gasteiger partial charge in [0.15, 0.2) is 0 Å². The Morgan fingerprint density at radius 1 is 1.03 bits per heavy atom. The quantitative estimate of drug-likeness (QED) is 0.491. The summed E-state index contributed by atoms with van der Waals surface area (Å²) in [6, 6.07) is 17.6. The van der Waals surface area contributed by atoms with E-state index in [4.69, 9.17) is 5.73 Å². The number of hydrogen-bond acceptors (Lipinski definition) is 2. The zero-order chi connectivity index (χ0) is 20.4. The molecule has 0 saturated carbocycles. The Bertz CT molecular complexity index is 1020. The molecule has 150 valence electrons. The van der Waals surface area contributed by atoms with Gasteiger partial charge in [-0.2, -0.15) is 0 Å². The molecule has 2 unspecified atom stereocenters. The molecule has 3 aromatic carbocycles. The van der Waals surface area contributed by atoms with Crippen LogP contribution in [0.5, 0.6) is 0 Å². The Morgan fingerprint density at radius 3 is 2.52 bits per heavy atom. The highest BCUT2D eigenvalue weighted by Gasteiger charge is 2.27. The first-order chi connectivity index (χ1) is 14.1. The smallest absolute Gasteiger partial charge is 0.123 e. The van der Waals surface area contributed by atoms with Crippen LogP contribution in [0.15, 0.2) is 60.7 Å². The van der Waals surface area contributed by atoms with E-state index in [0.717, 1.165) is 53.7 Å². The Labute approximate surface area is 170 Å². The minimum absolute atomic E-state index is 0.0479. The zero-order valence-electron chi connectivity index (χ0n) is 16.6. The number of nitrogens with one attached hydrogen (secondary N) is 1. The number of rotatable bonds is 5. The molecule has 4 heteroatoms. The molecule has 0 aliphatic carbocycles. The predicted molar refractivity (Wildman–Crippen MR) is 115 cm³/mol. The van der Waals surface area contributed by atoms with Gasteiger partial charge in [0.1, 0.15) is 11.6 Å². The van der Waals surface area contributed by atoms with Crippen molar-refractivity contribution >= 4 is 11.4 Å². The van der Waals surface area contributed by atoms with Gasteiger partial charge in [0.05, 0.1) is 0 Å². The number of anilines is 2. The summed E-state index contributed by atoms with van der Waals surface area (Å²) >= 11 is 0. The fourth-order valence-electron chi connectivity index (χ4n) is 4.55. The van der Waals surface area contributed by atoms with Crippen molar-refractivity contribution in [1.29, 1.82) is 0 Å². The first kappa shape index (κ1) is 19.4. The van der Waals surface area contributed by atoms with E-state index in [2.05, 4.69) is 12.2 Å². The summed E-state index contributed by atoms with van der Waals surface area (Å²) in [5, 5.41) is 3.55. The molecule has 0 saturated heterocycles. The molecular formula is C25H26F2N2. The Hall–Kier alpha value is -2.88. The lowest BCUT2D eigenvalue weighted by Crippen LogP contribution is -2.21. The fraction of sp³-hybridized carbons (Fsp3) is 0.280. The van der Waals surface area contributed by atoms with Crippen molar-refractivity contribution in [2.75, 3.05) is 17.6 Å². The van der Waals surface area contributed by atoms with Crippen molar-refractivity contribution in [1.82, 2.24) is 0 Å². The molecule has 0 radical (unpaired) electrons. The second-order valence-corrected chi connectivity index (χ2v) is 7.79. The molecule has 0 fully saturated rings. The van der Waals surface area contributed by atoms with Gasteiger partial charge in [-0.1, -0.05) is 37.6 Å². The van der Waals surface area contributed by atoms with Crippen LogP contribution in [0.2, 0.25) is 0 Å². The molecule has 1 aliphatic rings. The van der Waals surface area contributed by atoms with Gasteiger partial charge in [0, 0.05) is 29.8 Å². The normalized spacial score (nSPS) is 16.7. The summed E-state index contributed by atoms with van der Waals surface area (Å²) in [6.07, 6.45) is 2.74. The molecule has 2 nitrogen and oxygen atoms in total. The third kappa shape index (κ3) is 3.98. The maximum absolute atomic E-state index is 13.9. The predicted octanol–water partition coefficient (Wildman–Crippen LogP) is 6.43. The lowest BCUT2D eigenvalue weighted by atomic mass is 9.79. The van der Waals surface area contributed by atoms with E-state index in [1.165, 1.54) is 12.1 Å². The summed E-state index contributed by atoms with van der Waals surface area (Å²) in [4.78, 5) is 0. The van der Waals surface area contributed by atoms with Gasteiger partial charge in [-0.05, 0) is 71.5 Å². The molecular weight excluding hydrogens is 366 g/mol. The molecule has 4 rings (SSSR count). The number of fused-ring (bicyclic) bond motifs is 1. The van der Waals surface area contributed by atoms with Gasteiger partial charge in [-0.25, -0.2) is 8.78 Å². The van der Waals surface area contributed by atoms with Gasteiger partial charge in [-0.3, -0.25) is 0 Å². The van der Waals surface area contributed by atoms with Crippen LogP contribution in [0.4, 0.5) is 20.2 Å². The molecule has 1 heterocycles. The van der Waals surface area contributed by atoms with Gasteiger partial charge in [0.25, 0.3) is 0 Å². The van der Waals surface area contributed by atoms with Crippen molar-refractivity contribution < 1.29 is 8.78 Å².